The summed E-state index contributed by atoms with van der Waals surface area (Å²) in [6, 6.07) is 0. The SMILES string of the molecule is NC(=O)C(C(=O)O)C12CC3CC(CC(C3)C1)C2. The zero-order valence-corrected chi connectivity index (χ0v) is 9.89. The Morgan fingerprint density at radius 2 is 1.47 bits per heavy atom. The summed E-state index contributed by atoms with van der Waals surface area (Å²) in [7, 11) is 0. The molecule has 4 aliphatic carbocycles. The molecule has 4 heteroatoms. The highest BCUT2D eigenvalue weighted by molar-refractivity contribution is 5.97. The summed E-state index contributed by atoms with van der Waals surface area (Å²) >= 11 is 0. The minimum atomic E-state index is -1.01. The van der Waals surface area contributed by atoms with Crippen LogP contribution in [-0.4, -0.2) is 17.0 Å². The van der Waals surface area contributed by atoms with E-state index >= 15 is 0 Å². The number of carboxylic acids is 1. The topological polar surface area (TPSA) is 80.4 Å². The molecule has 4 saturated carbocycles. The molecule has 3 N–H and O–H groups in total. The van der Waals surface area contributed by atoms with E-state index in [1.54, 1.807) is 0 Å². The highest BCUT2D eigenvalue weighted by atomic mass is 16.4. The molecule has 0 aromatic rings. The maximum absolute atomic E-state index is 11.5. The Kier molecular flexibility index (Phi) is 2.25. The van der Waals surface area contributed by atoms with Gasteiger partial charge in [0.1, 0.15) is 5.92 Å². The van der Waals surface area contributed by atoms with Crippen molar-refractivity contribution in [2.75, 3.05) is 0 Å². The minimum absolute atomic E-state index is 0.313. The molecule has 94 valence electrons. The van der Waals surface area contributed by atoms with E-state index in [1.165, 1.54) is 19.3 Å². The molecule has 0 aromatic heterocycles. The van der Waals surface area contributed by atoms with Crippen molar-refractivity contribution >= 4 is 11.9 Å². The fraction of sp³-hybridized carbons (Fsp3) is 0.846. The molecule has 0 heterocycles. The van der Waals surface area contributed by atoms with Gasteiger partial charge in [0.2, 0.25) is 5.91 Å². The van der Waals surface area contributed by atoms with Gasteiger partial charge in [0.15, 0.2) is 0 Å². The molecule has 0 spiro atoms. The van der Waals surface area contributed by atoms with Crippen molar-refractivity contribution in [1.29, 1.82) is 0 Å². The van der Waals surface area contributed by atoms with Crippen LogP contribution in [0.15, 0.2) is 0 Å². The fourth-order valence-corrected chi connectivity index (χ4v) is 5.22. The van der Waals surface area contributed by atoms with Gasteiger partial charge in [-0.1, -0.05) is 0 Å². The van der Waals surface area contributed by atoms with Crippen LogP contribution in [0.2, 0.25) is 0 Å². The molecule has 0 saturated heterocycles. The Labute approximate surface area is 101 Å². The molecule has 4 fully saturated rings. The molecular weight excluding hydrogens is 218 g/mol. The maximum Gasteiger partial charge on any atom is 0.316 e. The lowest BCUT2D eigenvalue weighted by Crippen LogP contribution is -2.54. The first-order chi connectivity index (χ1) is 8.00. The van der Waals surface area contributed by atoms with E-state index in [1.807, 2.05) is 0 Å². The van der Waals surface area contributed by atoms with Gasteiger partial charge in [-0.2, -0.15) is 0 Å². The monoisotopic (exact) mass is 237 g/mol. The van der Waals surface area contributed by atoms with Crippen LogP contribution in [0.1, 0.15) is 38.5 Å². The Morgan fingerprint density at radius 3 is 1.76 bits per heavy atom. The average molecular weight is 237 g/mol. The number of nitrogens with two attached hydrogens (primary N) is 1. The van der Waals surface area contributed by atoms with Crippen molar-refractivity contribution in [1.82, 2.24) is 0 Å². The fourth-order valence-electron chi connectivity index (χ4n) is 5.22. The van der Waals surface area contributed by atoms with Crippen LogP contribution < -0.4 is 5.73 Å². The number of aliphatic carboxylic acids is 1. The predicted octanol–water partition coefficient (Wildman–Crippen LogP) is 1.39. The van der Waals surface area contributed by atoms with Gasteiger partial charge in [-0.25, -0.2) is 0 Å². The highest BCUT2D eigenvalue weighted by Crippen LogP contribution is 2.62. The summed E-state index contributed by atoms with van der Waals surface area (Å²) in [6.07, 6.45) is 6.43. The van der Waals surface area contributed by atoms with Gasteiger partial charge in [0, 0.05) is 0 Å². The van der Waals surface area contributed by atoms with Gasteiger partial charge in [-0.3, -0.25) is 9.59 Å². The lowest BCUT2D eigenvalue weighted by molar-refractivity contribution is -0.163. The lowest BCUT2D eigenvalue weighted by Gasteiger charge is -2.58. The Hall–Kier alpha value is -1.06. The van der Waals surface area contributed by atoms with Gasteiger partial charge in [0.05, 0.1) is 0 Å². The molecule has 17 heavy (non-hydrogen) atoms. The van der Waals surface area contributed by atoms with Gasteiger partial charge >= 0.3 is 5.97 Å². The van der Waals surface area contributed by atoms with Crippen LogP contribution in [0.3, 0.4) is 0 Å². The summed E-state index contributed by atoms with van der Waals surface area (Å²) in [6.45, 7) is 0. The second kappa shape index (κ2) is 3.47. The average Bonchev–Trinajstić information content (AvgIpc) is 2.11. The van der Waals surface area contributed by atoms with Crippen molar-refractivity contribution in [2.45, 2.75) is 38.5 Å². The van der Waals surface area contributed by atoms with Crippen molar-refractivity contribution in [3.05, 3.63) is 0 Å². The second-order valence-corrected chi connectivity index (χ2v) is 6.45. The Bertz CT molecular complexity index is 328. The zero-order chi connectivity index (χ0) is 12.2. The molecule has 1 amide bonds. The summed E-state index contributed by atoms with van der Waals surface area (Å²) in [5.41, 5.74) is 5.03. The van der Waals surface area contributed by atoms with Gasteiger partial charge < -0.3 is 10.8 Å². The number of carbonyl (C=O) groups excluding carboxylic acids is 1. The van der Waals surface area contributed by atoms with Crippen molar-refractivity contribution in [3.63, 3.8) is 0 Å². The van der Waals surface area contributed by atoms with Crippen molar-refractivity contribution < 1.29 is 14.7 Å². The zero-order valence-electron chi connectivity index (χ0n) is 9.89. The van der Waals surface area contributed by atoms with Crippen LogP contribution >= 0.6 is 0 Å². The maximum atomic E-state index is 11.5. The first kappa shape index (κ1) is 11.1. The Morgan fingerprint density at radius 1 is 1.06 bits per heavy atom. The van der Waals surface area contributed by atoms with E-state index in [0.29, 0.717) is 17.8 Å². The second-order valence-electron chi connectivity index (χ2n) is 6.45. The van der Waals surface area contributed by atoms with Crippen LogP contribution in [0.4, 0.5) is 0 Å². The van der Waals surface area contributed by atoms with E-state index in [4.69, 9.17) is 5.73 Å². The number of rotatable bonds is 3. The summed E-state index contributed by atoms with van der Waals surface area (Å²) in [5, 5.41) is 9.30. The first-order valence-electron chi connectivity index (χ1n) is 6.52. The van der Waals surface area contributed by atoms with Crippen LogP contribution in [0.25, 0.3) is 0 Å². The third-order valence-electron chi connectivity index (χ3n) is 5.23. The molecule has 0 aliphatic heterocycles. The van der Waals surface area contributed by atoms with E-state index in [2.05, 4.69) is 0 Å². The smallest absolute Gasteiger partial charge is 0.316 e. The summed E-state index contributed by atoms with van der Waals surface area (Å²) in [5.74, 6) is -0.692. The highest BCUT2D eigenvalue weighted by Gasteiger charge is 2.57. The largest absolute Gasteiger partial charge is 0.481 e. The molecule has 4 aliphatic rings. The predicted molar refractivity (Wildman–Crippen MR) is 60.9 cm³/mol. The van der Waals surface area contributed by atoms with E-state index in [0.717, 1.165) is 19.3 Å². The third kappa shape index (κ3) is 1.57. The summed E-state index contributed by atoms with van der Waals surface area (Å²) < 4.78 is 0. The first-order valence-corrected chi connectivity index (χ1v) is 6.52. The molecular formula is C13H19NO3. The molecule has 4 nitrogen and oxygen atoms in total. The minimum Gasteiger partial charge on any atom is -0.481 e. The molecule has 0 radical (unpaired) electrons. The van der Waals surface area contributed by atoms with Crippen molar-refractivity contribution in [3.8, 4) is 0 Å². The van der Waals surface area contributed by atoms with E-state index in [9.17, 15) is 14.7 Å². The molecule has 1 atom stereocenters. The van der Waals surface area contributed by atoms with Crippen LogP contribution in [0, 0.1) is 29.1 Å². The van der Waals surface area contributed by atoms with E-state index < -0.39 is 17.8 Å². The Balaban J connectivity index is 1.95. The van der Waals surface area contributed by atoms with Crippen molar-refractivity contribution in [2.24, 2.45) is 34.8 Å². The molecule has 4 bridgehead atoms. The number of carbonyl (C=O) groups is 2. The number of amides is 1. The summed E-state index contributed by atoms with van der Waals surface area (Å²) in [4.78, 5) is 22.9. The van der Waals surface area contributed by atoms with Crippen LogP contribution in [-0.2, 0) is 9.59 Å². The normalized spacial score (nSPS) is 44.6. The quantitative estimate of drug-likeness (QED) is 0.728. The van der Waals surface area contributed by atoms with Gasteiger partial charge in [0.25, 0.3) is 0 Å². The lowest BCUT2D eigenvalue weighted by atomic mass is 9.46. The van der Waals surface area contributed by atoms with Crippen LogP contribution in [0.5, 0.6) is 0 Å². The third-order valence-corrected chi connectivity index (χ3v) is 5.23. The number of carboxylic acid groups (broad SMARTS) is 1. The number of primary amides is 1. The molecule has 4 rings (SSSR count). The number of hydrogen-bond acceptors (Lipinski definition) is 2. The van der Waals surface area contributed by atoms with Gasteiger partial charge in [-0.15, -0.1) is 0 Å². The number of hydrogen-bond donors (Lipinski definition) is 2. The van der Waals surface area contributed by atoms with Gasteiger partial charge in [-0.05, 0) is 61.7 Å². The van der Waals surface area contributed by atoms with E-state index in [-0.39, 0.29) is 5.41 Å². The molecule has 0 aromatic carbocycles. The molecule has 1 unspecified atom stereocenters. The standard InChI is InChI=1S/C13H19NO3/c14-11(15)10(12(16)17)13-4-7-1-8(5-13)3-9(2-7)6-13/h7-10H,1-6H2,(H2,14,15)(H,16,17).